The van der Waals surface area contributed by atoms with Crippen molar-refractivity contribution in [2.75, 3.05) is 60.0 Å². The van der Waals surface area contributed by atoms with Crippen LogP contribution in [0, 0.1) is 0 Å². The Bertz CT molecular complexity index is 218. The second-order valence-electron chi connectivity index (χ2n) is 4.32. The van der Waals surface area contributed by atoms with Gasteiger partial charge in [-0.15, -0.1) is 0 Å². The molecular formula is C11H24N4O2. The number of methoxy groups -OCH3 is 1. The highest BCUT2D eigenvalue weighted by atomic mass is 16.5. The molecule has 0 aromatic rings. The quantitative estimate of drug-likeness (QED) is 0.556. The molecule has 0 spiro atoms. The van der Waals surface area contributed by atoms with Crippen LogP contribution < -0.4 is 10.7 Å². The van der Waals surface area contributed by atoms with Gasteiger partial charge in [0.15, 0.2) is 0 Å². The lowest BCUT2D eigenvalue weighted by molar-refractivity contribution is -0.121. The van der Waals surface area contributed by atoms with E-state index in [0.29, 0.717) is 19.7 Å². The van der Waals surface area contributed by atoms with Crippen molar-refractivity contribution in [2.24, 2.45) is 0 Å². The zero-order valence-corrected chi connectivity index (χ0v) is 10.9. The molecule has 17 heavy (non-hydrogen) atoms. The number of nitrogens with zero attached hydrogens (tertiary/aromatic N) is 2. The highest BCUT2D eigenvalue weighted by Gasteiger charge is 2.13. The van der Waals surface area contributed by atoms with Gasteiger partial charge in [0.25, 0.3) is 0 Å². The van der Waals surface area contributed by atoms with Crippen LogP contribution in [0.5, 0.6) is 0 Å². The molecule has 0 aliphatic carbocycles. The number of ether oxygens (including phenoxy) is 1. The smallest absolute Gasteiger partial charge is 0.235 e. The maximum Gasteiger partial charge on any atom is 0.235 e. The summed E-state index contributed by atoms with van der Waals surface area (Å²) in [5, 5.41) is 4.95. The fraction of sp³-hybridized carbons (Fsp3) is 0.909. The van der Waals surface area contributed by atoms with Crippen molar-refractivity contribution in [3.05, 3.63) is 0 Å². The zero-order valence-electron chi connectivity index (χ0n) is 10.9. The Morgan fingerprint density at radius 2 is 2.00 bits per heavy atom. The highest BCUT2D eigenvalue weighted by molar-refractivity contribution is 5.77. The van der Waals surface area contributed by atoms with E-state index in [-0.39, 0.29) is 5.91 Å². The number of carbonyl (C=O) groups excluding carboxylic acids is 1. The molecule has 0 saturated carbocycles. The monoisotopic (exact) mass is 244 g/mol. The van der Waals surface area contributed by atoms with Gasteiger partial charge in [-0.1, -0.05) is 0 Å². The van der Waals surface area contributed by atoms with Crippen molar-refractivity contribution in [3.8, 4) is 0 Å². The lowest BCUT2D eigenvalue weighted by Crippen LogP contribution is -2.52. The van der Waals surface area contributed by atoms with Crippen LogP contribution in [0.25, 0.3) is 0 Å². The summed E-state index contributed by atoms with van der Waals surface area (Å²) in [5.41, 5.74) is 3.15. The number of hydrazine groups is 1. The molecule has 6 nitrogen and oxygen atoms in total. The second kappa shape index (κ2) is 8.41. The summed E-state index contributed by atoms with van der Waals surface area (Å²) in [5.74, 6) is 0.0417. The van der Waals surface area contributed by atoms with Crippen molar-refractivity contribution in [3.63, 3.8) is 0 Å². The summed E-state index contributed by atoms with van der Waals surface area (Å²) in [6.07, 6.45) is 0.858. The molecule has 0 unspecified atom stereocenters. The number of hydrogen-bond acceptors (Lipinski definition) is 5. The Balaban J connectivity index is 1.99. The molecule has 0 radical (unpaired) electrons. The molecule has 0 aromatic heterocycles. The fourth-order valence-electron chi connectivity index (χ4n) is 1.65. The van der Waals surface area contributed by atoms with E-state index < -0.39 is 0 Å². The molecule has 1 aliphatic rings. The van der Waals surface area contributed by atoms with Gasteiger partial charge in [-0.25, -0.2) is 10.4 Å². The predicted molar refractivity (Wildman–Crippen MR) is 66.6 cm³/mol. The van der Waals surface area contributed by atoms with Crippen molar-refractivity contribution in [1.29, 1.82) is 0 Å². The average Bonchev–Trinajstić information content (AvgIpc) is 2.34. The number of rotatable bonds is 7. The van der Waals surface area contributed by atoms with Gasteiger partial charge in [-0.3, -0.25) is 4.79 Å². The van der Waals surface area contributed by atoms with Crippen LogP contribution >= 0.6 is 0 Å². The standard InChI is InChI=1S/C11H24N4O2/c1-14-5-7-15(8-6-14)13-10-11(16)12-4-3-9-17-2/h13H,3-10H2,1-2H3,(H,12,16). The Morgan fingerprint density at radius 1 is 1.29 bits per heavy atom. The van der Waals surface area contributed by atoms with Crippen LogP contribution in [0.15, 0.2) is 0 Å². The largest absolute Gasteiger partial charge is 0.385 e. The lowest BCUT2D eigenvalue weighted by atomic mass is 10.4. The molecule has 0 bridgehead atoms. The first kappa shape index (κ1) is 14.4. The van der Waals surface area contributed by atoms with Crippen LogP contribution in [0.4, 0.5) is 0 Å². The van der Waals surface area contributed by atoms with Gasteiger partial charge in [0.2, 0.25) is 5.91 Å². The minimum absolute atomic E-state index is 0.0417. The van der Waals surface area contributed by atoms with Gasteiger partial charge >= 0.3 is 0 Å². The second-order valence-corrected chi connectivity index (χ2v) is 4.32. The van der Waals surface area contributed by atoms with E-state index in [1.165, 1.54) is 0 Å². The predicted octanol–water partition coefficient (Wildman–Crippen LogP) is -1.11. The van der Waals surface area contributed by atoms with E-state index in [1.54, 1.807) is 7.11 Å². The van der Waals surface area contributed by atoms with Gasteiger partial charge in [0.05, 0.1) is 6.54 Å². The topological polar surface area (TPSA) is 56.8 Å². The van der Waals surface area contributed by atoms with E-state index in [2.05, 4.69) is 27.7 Å². The maximum absolute atomic E-state index is 11.5. The van der Waals surface area contributed by atoms with Crippen molar-refractivity contribution in [2.45, 2.75) is 6.42 Å². The summed E-state index contributed by atoms with van der Waals surface area (Å²) >= 11 is 0. The SMILES string of the molecule is COCCCNC(=O)CNN1CCN(C)CC1. The summed E-state index contributed by atoms with van der Waals surface area (Å²) < 4.78 is 4.91. The molecule has 1 fully saturated rings. The van der Waals surface area contributed by atoms with Crippen molar-refractivity contribution in [1.82, 2.24) is 20.7 Å². The molecule has 1 heterocycles. The molecule has 1 aliphatic heterocycles. The molecule has 0 aromatic carbocycles. The Labute approximate surface area is 103 Å². The molecule has 0 atom stereocenters. The first-order valence-electron chi connectivity index (χ1n) is 6.15. The minimum Gasteiger partial charge on any atom is -0.385 e. The van der Waals surface area contributed by atoms with Gasteiger partial charge < -0.3 is 15.0 Å². The first-order chi connectivity index (χ1) is 8.22. The summed E-state index contributed by atoms with van der Waals surface area (Å²) in [4.78, 5) is 13.7. The molecule has 1 saturated heterocycles. The normalized spacial score (nSPS) is 18.2. The lowest BCUT2D eigenvalue weighted by Gasteiger charge is -2.32. The molecule has 2 N–H and O–H groups in total. The Hall–Kier alpha value is -0.690. The van der Waals surface area contributed by atoms with Gasteiger partial charge in [0, 0.05) is 46.4 Å². The number of amides is 1. The third-order valence-corrected chi connectivity index (χ3v) is 2.81. The van der Waals surface area contributed by atoms with Crippen molar-refractivity contribution >= 4 is 5.91 Å². The minimum atomic E-state index is 0.0417. The van der Waals surface area contributed by atoms with Gasteiger partial charge in [0.1, 0.15) is 0 Å². The fourth-order valence-corrected chi connectivity index (χ4v) is 1.65. The van der Waals surface area contributed by atoms with Crippen LogP contribution in [0.2, 0.25) is 0 Å². The number of piperazine rings is 1. The Kier molecular flexibility index (Phi) is 7.11. The zero-order chi connectivity index (χ0) is 12.5. The van der Waals surface area contributed by atoms with Gasteiger partial charge in [-0.2, -0.15) is 0 Å². The van der Waals surface area contributed by atoms with Crippen molar-refractivity contribution < 1.29 is 9.53 Å². The molecule has 1 rings (SSSR count). The van der Waals surface area contributed by atoms with E-state index in [1.807, 2.05) is 0 Å². The van der Waals surface area contributed by atoms with E-state index in [4.69, 9.17) is 4.74 Å². The Morgan fingerprint density at radius 3 is 2.65 bits per heavy atom. The summed E-state index contributed by atoms with van der Waals surface area (Å²) in [6, 6.07) is 0. The summed E-state index contributed by atoms with van der Waals surface area (Å²) in [6.45, 7) is 5.74. The first-order valence-corrected chi connectivity index (χ1v) is 6.15. The number of likely N-dealkylation sites (N-methyl/N-ethyl adjacent to an activating group) is 1. The molecule has 100 valence electrons. The van der Waals surface area contributed by atoms with Gasteiger partial charge in [-0.05, 0) is 13.5 Å². The molecule has 6 heteroatoms. The van der Waals surface area contributed by atoms with E-state index in [0.717, 1.165) is 32.6 Å². The molecular weight excluding hydrogens is 220 g/mol. The highest BCUT2D eigenvalue weighted by Crippen LogP contribution is 1.94. The van der Waals surface area contributed by atoms with Crippen LogP contribution in [-0.2, 0) is 9.53 Å². The number of nitrogens with one attached hydrogen (secondary N) is 2. The molecule has 1 amide bonds. The summed E-state index contributed by atoms with van der Waals surface area (Å²) in [7, 11) is 3.77. The maximum atomic E-state index is 11.5. The van der Waals surface area contributed by atoms with Crippen LogP contribution in [-0.4, -0.2) is 75.8 Å². The third kappa shape index (κ3) is 6.58. The number of hydrogen-bond donors (Lipinski definition) is 2. The van der Waals surface area contributed by atoms with Crippen LogP contribution in [0.3, 0.4) is 0 Å². The van der Waals surface area contributed by atoms with E-state index in [9.17, 15) is 4.79 Å². The average molecular weight is 244 g/mol. The van der Waals surface area contributed by atoms with Crippen LogP contribution in [0.1, 0.15) is 6.42 Å². The number of carbonyl (C=O) groups is 1. The van der Waals surface area contributed by atoms with E-state index >= 15 is 0 Å². The third-order valence-electron chi connectivity index (χ3n) is 2.81.